The Morgan fingerprint density at radius 2 is 2.40 bits per heavy atom. The molecule has 4 nitrogen and oxygen atoms in total. The van der Waals surface area contributed by atoms with Gasteiger partial charge in [0.05, 0.1) is 11.6 Å². The molecule has 1 aliphatic rings. The van der Waals surface area contributed by atoms with Gasteiger partial charge in [-0.3, -0.25) is 0 Å². The van der Waals surface area contributed by atoms with E-state index < -0.39 is 0 Å². The highest BCUT2D eigenvalue weighted by Gasteiger charge is 2.24. The second kappa shape index (κ2) is 7.20. The van der Waals surface area contributed by atoms with Crippen LogP contribution < -0.4 is 4.90 Å². The van der Waals surface area contributed by atoms with Gasteiger partial charge in [0.15, 0.2) is 11.6 Å². The minimum atomic E-state index is -0.366. The summed E-state index contributed by atoms with van der Waals surface area (Å²) in [5.74, 6) is 0.535. The zero-order valence-corrected chi connectivity index (χ0v) is 12.7. The zero-order valence-electron chi connectivity index (χ0n) is 12.0. The predicted molar refractivity (Wildman–Crippen MR) is 78.9 cm³/mol. The number of hydrogen-bond acceptors (Lipinski definition) is 4. The van der Waals surface area contributed by atoms with E-state index in [-0.39, 0.29) is 5.82 Å². The minimum Gasteiger partial charge on any atom is -0.383 e. The Morgan fingerprint density at radius 1 is 1.60 bits per heavy atom. The van der Waals surface area contributed by atoms with Crippen LogP contribution in [-0.4, -0.2) is 56.8 Å². The molecule has 0 aromatic carbocycles. The molecule has 1 unspecified atom stereocenters. The number of aromatic nitrogens is 1. The molecule has 2 heterocycles. The van der Waals surface area contributed by atoms with E-state index in [0.29, 0.717) is 16.8 Å². The number of rotatable bonds is 6. The van der Waals surface area contributed by atoms with Gasteiger partial charge in [-0.05, 0) is 24.9 Å². The van der Waals surface area contributed by atoms with E-state index in [2.05, 4.69) is 9.88 Å². The molecule has 0 amide bonds. The second-order valence-electron chi connectivity index (χ2n) is 5.29. The summed E-state index contributed by atoms with van der Waals surface area (Å²) in [6.45, 7) is 4.64. The molecule has 112 valence electrons. The minimum absolute atomic E-state index is 0.325. The molecular formula is C14H21ClFN3O. The normalized spacial score (nSPS) is 19.5. The Labute approximate surface area is 124 Å². The quantitative estimate of drug-likeness (QED) is 0.806. The van der Waals surface area contributed by atoms with Gasteiger partial charge in [-0.1, -0.05) is 11.6 Å². The van der Waals surface area contributed by atoms with E-state index in [9.17, 15) is 4.39 Å². The van der Waals surface area contributed by atoms with Crippen LogP contribution in [-0.2, 0) is 4.74 Å². The zero-order chi connectivity index (χ0) is 14.5. The van der Waals surface area contributed by atoms with Crippen LogP contribution in [0.3, 0.4) is 0 Å². The first-order valence-corrected chi connectivity index (χ1v) is 7.21. The molecule has 0 N–H and O–H groups in total. The maximum Gasteiger partial charge on any atom is 0.167 e. The van der Waals surface area contributed by atoms with Gasteiger partial charge in [-0.2, -0.15) is 0 Å². The average molecular weight is 302 g/mol. The monoisotopic (exact) mass is 301 g/mol. The van der Waals surface area contributed by atoms with Crippen LogP contribution in [0.4, 0.5) is 10.2 Å². The second-order valence-corrected chi connectivity index (χ2v) is 5.72. The summed E-state index contributed by atoms with van der Waals surface area (Å²) in [5.41, 5.74) is 0. The van der Waals surface area contributed by atoms with Crippen molar-refractivity contribution in [3.63, 3.8) is 0 Å². The van der Waals surface area contributed by atoms with Gasteiger partial charge >= 0.3 is 0 Å². The summed E-state index contributed by atoms with van der Waals surface area (Å²) >= 11 is 5.72. The molecule has 0 bridgehead atoms. The van der Waals surface area contributed by atoms with Gasteiger partial charge in [-0.25, -0.2) is 9.37 Å². The highest BCUT2D eigenvalue weighted by atomic mass is 35.5. The fourth-order valence-corrected chi connectivity index (χ4v) is 2.79. The first kappa shape index (κ1) is 15.5. The summed E-state index contributed by atoms with van der Waals surface area (Å²) in [6, 6.07) is 1.31. The Bertz CT molecular complexity index is 446. The number of halogens is 2. The molecule has 20 heavy (non-hydrogen) atoms. The van der Waals surface area contributed by atoms with E-state index in [1.807, 2.05) is 11.9 Å². The molecule has 1 fully saturated rings. The van der Waals surface area contributed by atoms with Crippen molar-refractivity contribution in [3.05, 3.63) is 23.1 Å². The van der Waals surface area contributed by atoms with Gasteiger partial charge in [-0.15, -0.1) is 0 Å². The number of ether oxygens (including phenoxy) is 1. The third kappa shape index (κ3) is 4.04. The van der Waals surface area contributed by atoms with E-state index in [1.54, 1.807) is 7.11 Å². The van der Waals surface area contributed by atoms with Gasteiger partial charge in [0, 0.05) is 40.0 Å². The van der Waals surface area contributed by atoms with Crippen molar-refractivity contribution in [1.29, 1.82) is 0 Å². The Morgan fingerprint density at radius 3 is 3.10 bits per heavy atom. The van der Waals surface area contributed by atoms with Gasteiger partial charge < -0.3 is 14.5 Å². The molecule has 2 rings (SSSR count). The number of nitrogens with zero attached hydrogens (tertiary/aromatic N) is 3. The third-order valence-corrected chi connectivity index (χ3v) is 3.87. The standard InChI is InChI=1S/C14H21ClFN3O/c1-18(14-13(16)7-12(15)8-17-14)9-11-3-4-19(10-11)5-6-20-2/h7-8,11H,3-6,9-10H2,1-2H3. The predicted octanol–water partition coefficient (Wildman–Crippen LogP) is 2.28. The number of anilines is 1. The maximum absolute atomic E-state index is 13.8. The van der Waals surface area contributed by atoms with Crippen molar-refractivity contribution < 1.29 is 9.13 Å². The lowest BCUT2D eigenvalue weighted by molar-refractivity contribution is 0.159. The van der Waals surface area contributed by atoms with Crippen molar-refractivity contribution in [3.8, 4) is 0 Å². The van der Waals surface area contributed by atoms with Crippen molar-refractivity contribution in [2.75, 3.05) is 51.8 Å². The molecular weight excluding hydrogens is 281 g/mol. The summed E-state index contributed by atoms with van der Waals surface area (Å²) in [7, 11) is 3.59. The van der Waals surface area contributed by atoms with Crippen LogP contribution in [0.15, 0.2) is 12.3 Å². The summed E-state index contributed by atoms with van der Waals surface area (Å²) in [4.78, 5) is 8.33. The number of hydrogen-bond donors (Lipinski definition) is 0. The fraction of sp³-hybridized carbons (Fsp3) is 0.643. The molecule has 1 aliphatic heterocycles. The van der Waals surface area contributed by atoms with E-state index in [0.717, 1.165) is 39.2 Å². The van der Waals surface area contributed by atoms with Crippen molar-refractivity contribution in [1.82, 2.24) is 9.88 Å². The molecule has 0 saturated carbocycles. The molecule has 1 aromatic heterocycles. The SMILES string of the molecule is COCCN1CCC(CN(C)c2ncc(Cl)cc2F)C1. The van der Waals surface area contributed by atoms with E-state index in [1.165, 1.54) is 12.3 Å². The molecule has 1 saturated heterocycles. The van der Waals surface area contributed by atoms with Crippen LogP contribution in [0.1, 0.15) is 6.42 Å². The summed E-state index contributed by atoms with van der Waals surface area (Å²) in [6.07, 6.45) is 2.61. The Balaban J connectivity index is 1.87. The molecule has 0 radical (unpaired) electrons. The fourth-order valence-electron chi connectivity index (χ4n) is 2.65. The number of likely N-dealkylation sites (tertiary alicyclic amines) is 1. The van der Waals surface area contributed by atoms with Crippen LogP contribution in [0.5, 0.6) is 0 Å². The third-order valence-electron chi connectivity index (χ3n) is 3.66. The largest absolute Gasteiger partial charge is 0.383 e. The number of pyridine rings is 1. The van der Waals surface area contributed by atoms with Crippen molar-refractivity contribution in [2.45, 2.75) is 6.42 Å². The molecule has 1 aromatic rings. The molecule has 6 heteroatoms. The summed E-state index contributed by atoms with van der Waals surface area (Å²) < 4.78 is 18.9. The van der Waals surface area contributed by atoms with Crippen LogP contribution in [0.25, 0.3) is 0 Å². The Hall–Kier alpha value is -0.910. The van der Waals surface area contributed by atoms with Gasteiger partial charge in [0.1, 0.15) is 0 Å². The average Bonchev–Trinajstić information content (AvgIpc) is 2.83. The highest BCUT2D eigenvalue weighted by Crippen LogP contribution is 2.22. The molecule has 1 atom stereocenters. The lowest BCUT2D eigenvalue weighted by Gasteiger charge is -2.23. The summed E-state index contributed by atoms with van der Waals surface area (Å²) in [5, 5.41) is 0.325. The van der Waals surface area contributed by atoms with Crippen LogP contribution in [0, 0.1) is 11.7 Å². The maximum atomic E-state index is 13.8. The lowest BCUT2D eigenvalue weighted by Crippen LogP contribution is -2.30. The van der Waals surface area contributed by atoms with E-state index >= 15 is 0 Å². The van der Waals surface area contributed by atoms with Crippen molar-refractivity contribution >= 4 is 17.4 Å². The van der Waals surface area contributed by atoms with E-state index in [4.69, 9.17) is 16.3 Å². The highest BCUT2D eigenvalue weighted by molar-refractivity contribution is 6.30. The molecule has 0 aliphatic carbocycles. The van der Waals surface area contributed by atoms with Crippen LogP contribution in [0.2, 0.25) is 5.02 Å². The topological polar surface area (TPSA) is 28.6 Å². The van der Waals surface area contributed by atoms with Crippen LogP contribution >= 0.6 is 11.6 Å². The first-order valence-electron chi connectivity index (χ1n) is 6.83. The van der Waals surface area contributed by atoms with Crippen molar-refractivity contribution in [2.24, 2.45) is 5.92 Å². The van der Waals surface area contributed by atoms with Gasteiger partial charge in [0.2, 0.25) is 0 Å². The Kier molecular flexibility index (Phi) is 5.57. The first-order chi connectivity index (χ1) is 9.60. The smallest absolute Gasteiger partial charge is 0.167 e. The lowest BCUT2D eigenvalue weighted by atomic mass is 10.1. The molecule has 0 spiro atoms. The van der Waals surface area contributed by atoms with Gasteiger partial charge in [0.25, 0.3) is 0 Å². The number of methoxy groups -OCH3 is 1.